The Morgan fingerprint density at radius 3 is 2.62 bits per heavy atom. The van der Waals surface area contributed by atoms with Crippen molar-refractivity contribution in [1.82, 2.24) is 9.57 Å². The standard InChI is InChI=1S/C16H29N2O2P/c1-5-18(21-13-6-7-13)15(20)16(4)8-9-17(11-12(2)3)14(19)10-16/h12-13,21H,5-11H2,1-4H3. The highest BCUT2D eigenvalue weighted by Crippen LogP contribution is 2.44. The number of nitrogens with zero attached hydrogens (tertiary/aromatic N) is 2. The largest absolute Gasteiger partial charge is 0.342 e. The number of amides is 2. The van der Waals surface area contributed by atoms with Crippen molar-refractivity contribution < 1.29 is 9.59 Å². The minimum absolute atomic E-state index is 0.150. The first kappa shape index (κ1) is 16.7. The van der Waals surface area contributed by atoms with E-state index in [1.165, 1.54) is 12.8 Å². The van der Waals surface area contributed by atoms with E-state index in [2.05, 4.69) is 13.8 Å². The molecular formula is C16H29N2O2P. The van der Waals surface area contributed by atoms with E-state index in [1.54, 1.807) is 0 Å². The summed E-state index contributed by atoms with van der Waals surface area (Å²) in [5.74, 6) is 0.835. The highest BCUT2D eigenvalue weighted by Gasteiger charge is 2.43. The lowest BCUT2D eigenvalue weighted by atomic mass is 9.79. The molecule has 2 atom stereocenters. The molecule has 1 saturated carbocycles. The van der Waals surface area contributed by atoms with E-state index in [4.69, 9.17) is 0 Å². The van der Waals surface area contributed by atoms with Crippen LogP contribution in [0.15, 0.2) is 0 Å². The smallest absolute Gasteiger partial charge is 0.232 e. The van der Waals surface area contributed by atoms with Crippen molar-refractivity contribution in [3.8, 4) is 0 Å². The molecule has 0 aromatic rings. The van der Waals surface area contributed by atoms with Crippen molar-refractivity contribution in [1.29, 1.82) is 0 Å². The monoisotopic (exact) mass is 312 g/mol. The van der Waals surface area contributed by atoms with Gasteiger partial charge in [0.15, 0.2) is 0 Å². The maximum absolute atomic E-state index is 12.9. The van der Waals surface area contributed by atoms with Gasteiger partial charge < -0.3 is 9.57 Å². The summed E-state index contributed by atoms with van der Waals surface area (Å²) < 4.78 is 2.00. The Balaban J connectivity index is 1.98. The predicted molar refractivity (Wildman–Crippen MR) is 87.5 cm³/mol. The van der Waals surface area contributed by atoms with Gasteiger partial charge in [0.2, 0.25) is 11.8 Å². The molecule has 1 aliphatic carbocycles. The number of rotatable bonds is 6. The molecule has 4 nitrogen and oxygen atoms in total. The third kappa shape index (κ3) is 4.18. The quantitative estimate of drug-likeness (QED) is 0.708. The van der Waals surface area contributed by atoms with Gasteiger partial charge in [0, 0.05) is 26.1 Å². The maximum Gasteiger partial charge on any atom is 0.232 e. The molecule has 0 radical (unpaired) electrons. The van der Waals surface area contributed by atoms with Gasteiger partial charge in [-0.2, -0.15) is 0 Å². The fourth-order valence-electron chi connectivity index (χ4n) is 2.91. The topological polar surface area (TPSA) is 40.6 Å². The van der Waals surface area contributed by atoms with Gasteiger partial charge in [0.1, 0.15) is 0 Å². The van der Waals surface area contributed by atoms with E-state index < -0.39 is 5.41 Å². The van der Waals surface area contributed by atoms with E-state index in [1.807, 2.05) is 23.4 Å². The molecule has 120 valence electrons. The summed E-state index contributed by atoms with van der Waals surface area (Å²) >= 11 is 0. The molecule has 1 heterocycles. The normalized spacial score (nSPS) is 26.9. The molecule has 2 fully saturated rings. The second-order valence-electron chi connectivity index (χ2n) is 7.17. The molecule has 21 heavy (non-hydrogen) atoms. The van der Waals surface area contributed by atoms with Crippen molar-refractivity contribution in [2.75, 3.05) is 19.6 Å². The molecule has 2 aliphatic rings. The third-order valence-electron chi connectivity index (χ3n) is 4.41. The summed E-state index contributed by atoms with van der Waals surface area (Å²) in [6.07, 6.45) is 3.71. The van der Waals surface area contributed by atoms with Gasteiger partial charge in [-0.15, -0.1) is 0 Å². The van der Waals surface area contributed by atoms with Crippen molar-refractivity contribution in [3.63, 3.8) is 0 Å². The molecule has 2 rings (SSSR count). The van der Waals surface area contributed by atoms with Gasteiger partial charge in [-0.1, -0.05) is 20.8 Å². The fourth-order valence-corrected chi connectivity index (χ4v) is 4.34. The molecule has 5 heteroatoms. The van der Waals surface area contributed by atoms with Crippen LogP contribution in [-0.2, 0) is 9.59 Å². The Morgan fingerprint density at radius 1 is 1.48 bits per heavy atom. The van der Waals surface area contributed by atoms with Crippen LogP contribution in [0.25, 0.3) is 0 Å². The van der Waals surface area contributed by atoms with Gasteiger partial charge >= 0.3 is 0 Å². The zero-order valence-electron chi connectivity index (χ0n) is 13.8. The van der Waals surface area contributed by atoms with Crippen LogP contribution in [0.2, 0.25) is 0 Å². The summed E-state index contributed by atoms with van der Waals surface area (Å²) in [4.78, 5) is 27.1. The second kappa shape index (κ2) is 6.64. The first-order valence-corrected chi connectivity index (χ1v) is 9.24. The van der Waals surface area contributed by atoms with Crippen LogP contribution in [-0.4, -0.2) is 46.7 Å². The molecule has 1 saturated heterocycles. The number of piperidine rings is 1. The van der Waals surface area contributed by atoms with Gasteiger partial charge in [0.25, 0.3) is 0 Å². The summed E-state index contributed by atoms with van der Waals surface area (Å²) in [6, 6.07) is 0. The molecular weight excluding hydrogens is 283 g/mol. The fraction of sp³-hybridized carbons (Fsp3) is 0.875. The van der Waals surface area contributed by atoms with Crippen LogP contribution >= 0.6 is 8.73 Å². The minimum atomic E-state index is -0.484. The average molecular weight is 312 g/mol. The van der Waals surface area contributed by atoms with Crippen LogP contribution in [0.3, 0.4) is 0 Å². The van der Waals surface area contributed by atoms with E-state index in [9.17, 15) is 9.59 Å². The molecule has 0 bridgehead atoms. The zero-order chi connectivity index (χ0) is 15.6. The predicted octanol–water partition coefficient (Wildman–Crippen LogP) is 2.88. The Hall–Kier alpha value is -0.630. The number of likely N-dealkylation sites (tertiary alicyclic amines) is 1. The Kier molecular flexibility index (Phi) is 5.29. The Labute approximate surface area is 130 Å². The molecule has 2 amide bonds. The highest BCUT2D eigenvalue weighted by molar-refractivity contribution is 7.37. The van der Waals surface area contributed by atoms with Crippen molar-refractivity contribution in [2.24, 2.45) is 11.3 Å². The van der Waals surface area contributed by atoms with Crippen molar-refractivity contribution in [3.05, 3.63) is 0 Å². The molecule has 0 N–H and O–H groups in total. The molecule has 0 aromatic carbocycles. The van der Waals surface area contributed by atoms with Crippen LogP contribution in [0.4, 0.5) is 0 Å². The molecule has 2 unspecified atom stereocenters. The lowest BCUT2D eigenvalue weighted by Crippen LogP contribution is -2.50. The van der Waals surface area contributed by atoms with E-state index in [0.717, 1.165) is 31.7 Å². The molecule has 1 aliphatic heterocycles. The summed E-state index contributed by atoms with van der Waals surface area (Å²) in [6.45, 7) is 10.6. The third-order valence-corrected chi connectivity index (χ3v) is 6.18. The highest BCUT2D eigenvalue weighted by atomic mass is 31.1. The number of hydrogen-bond donors (Lipinski definition) is 0. The lowest BCUT2D eigenvalue weighted by Gasteiger charge is -2.40. The van der Waals surface area contributed by atoms with Crippen molar-refractivity contribution >= 4 is 20.5 Å². The second-order valence-corrected chi connectivity index (χ2v) is 8.79. The van der Waals surface area contributed by atoms with Gasteiger partial charge in [0.05, 0.1) is 5.41 Å². The summed E-state index contributed by atoms with van der Waals surface area (Å²) in [5.41, 5.74) is 0.247. The zero-order valence-corrected chi connectivity index (χ0v) is 14.8. The molecule has 0 aromatic heterocycles. The van der Waals surface area contributed by atoms with Crippen molar-refractivity contribution in [2.45, 2.75) is 59.0 Å². The number of carbonyl (C=O) groups excluding carboxylic acids is 2. The Morgan fingerprint density at radius 2 is 2.14 bits per heavy atom. The maximum atomic E-state index is 12.9. The van der Waals surface area contributed by atoms with Gasteiger partial charge in [-0.05, 0) is 46.5 Å². The van der Waals surface area contributed by atoms with Crippen LogP contribution in [0, 0.1) is 11.3 Å². The van der Waals surface area contributed by atoms with Crippen LogP contribution < -0.4 is 0 Å². The van der Waals surface area contributed by atoms with Gasteiger partial charge in [-0.3, -0.25) is 9.59 Å². The summed E-state index contributed by atoms with van der Waals surface area (Å²) in [5, 5.41) is 0. The van der Waals surface area contributed by atoms with Crippen LogP contribution in [0.1, 0.15) is 53.4 Å². The lowest BCUT2D eigenvalue weighted by molar-refractivity contribution is -0.149. The van der Waals surface area contributed by atoms with E-state index in [0.29, 0.717) is 21.1 Å². The van der Waals surface area contributed by atoms with E-state index >= 15 is 0 Å². The SMILES string of the molecule is CCN(PC1CC1)C(=O)C1(C)CCN(CC(C)C)C(=O)C1. The van der Waals surface area contributed by atoms with Gasteiger partial charge in [-0.25, -0.2) is 0 Å². The average Bonchev–Trinajstić information content (AvgIpc) is 3.22. The van der Waals surface area contributed by atoms with E-state index in [-0.39, 0.29) is 11.8 Å². The van der Waals surface area contributed by atoms with Crippen LogP contribution in [0.5, 0.6) is 0 Å². The first-order valence-electron chi connectivity index (χ1n) is 8.21. The number of carbonyl (C=O) groups is 2. The number of hydrogen-bond acceptors (Lipinski definition) is 2. The first-order chi connectivity index (χ1) is 9.85. The Bertz CT molecular complexity index is 409. The minimum Gasteiger partial charge on any atom is -0.342 e. The molecule has 0 spiro atoms. The summed E-state index contributed by atoms with van der Waals surface area (Å²) in [7, 11) is 0.617.